The molecule has 0 bridgehead atoms. The molecule has 9 heteroatoms. The summed E-state index contributed by atoms with van der Waals surface area (Å²) in [5.41, 5.74) is 2.39. The van der Waals surface area contributed by atoms with Crippen molar-refractivity contribution < 1.29 is 14.6 Å². The van der Waals surface area contributed by atoms with Crippen molar-refractivity contribution in [2.24, 2.45) is 11.8 Å². The zero-order valence-electron chi connectivity index (χ0n) is 18.9. The number of aliphatic hydroxyl groups is 1. The minimum absolute atomic E-state index is 0.265. The monoisotopic (exact) mass is 460 g/mol. The minimum Gasteiger partial charge on any atom is -0.491 e. The highest BCUT2D eigenvalue weighted by Gasteiger charge is 2.25. The summed E-state index contributed by atoms with van der Waals surface area (Å²) in [5.74, 6) is 1.34. The summed E-state index contributed by atoms with van der Waals surface area (Å²) < 4.78 is 9.76. The summed E-state index contributed by atoms with van der Waals surface area (Å²) in [6.07, 6.45) is 13.4. The fourth-order valence-electron chi connectivity index (χ4n) is 4.74. The molecule has 2 saturated carbocycles. The van der Waals surface area contributed by atoms with Crippen molar-refractivity contribution in [1.29, 1.82) is 0 Å². The van der Waals surface area contributed by atoms with Gasteiger partial charge in [-0.05, 0) is 62.5 Å². The molecule has 2 aliphatic carbocycles. The van der Waals surface area contributed by atoms with E-state index in [2.05, 4.69) is 21.6 Å². The van der Waals surface area contributed by atoms with E-state index < -0.39 is 0 Å². The summed E-state index contributed by atoms with van der Waals surface area (Å²) in [7, 11) is 0. The van der Waals surface area contributed by atoms with Gasteiger partial charge in [0.2, 0.25) is 0 Å². The van der Waals surface area contributed by atoms with E-state index in [-0.39, 0.29) is 12.5 Å². The number of ether oxygens (including phenoxy) is 1. The lowest BCUT2D eigenvalue weighted by Gasteiger charge is -2.27. The van der Waals surface area contributed by atoms with Gasteiger partial charge in [-0.15, -0.1) is 0 Å². The maximum atomic E-state index is 13.1. The molecular formula is C25H28N6O3. The van der Waals surface area contributed by atoms with Crippen LogP contribution in [0.5, 0.6) is 5.75 Å². The summed E-state index contributed by atoms with van der Waals surface area (Å²) in [5, 5.41) is 22.5. The highest BCUT2D eigenvalue weighted by atomic mass is 16.5. The third-order valence-corrected chi connectivity index (χ3v) is 7.02. The van der Waals surface area contributed by atoms with Gasteiger partial charge >= 0.3 is 0 Å². The highest BCUT2D eigenvalue weighted by molar-refractivity contribution is 6.09. The second kappa shape index (κ2) is 8.72. The van der Waals surface area contributed by atoms with Crippen LogP contribution in [-0.4, -0.2) is 48.6 Å². The zero-order valence-corrected chi connectivity index (χ0v) is 18.9. The number of hydrogen-bond acceptors (Lipinski definition) is 6. The Bertz CT molecular complexity index is 1330. The van der Waals surface area contributed by atoms with Crippen LogP contribution in [0, 0.1) is 11.8 Å². The number of anilines is 1. The van der Waals surface area contributed by atoms with Gasteiger partial charge in [0, 0.05) is 36.7 Å². The number of hydrogen-bond donors (Lipinski definition) is 2. The normalized spacial score (nSPS) is 20.6. The van der Waals surface area contributed by atoms with Crippen molar-refractivity contribution in [3.05, 3.63) is 48.5 Å². The first kappa shape index (κ1) is 21.1. The lowest BCUT2D eigenvalue weighted by atomic mass is 9.87. The van der Waals surface area contributed by atoms with Crippen molar-refractivity contribution in [2.75, 3.05) is 18.5 Å². The Hall–Kier alpha value is -3.46. The van der Waals surface area contributed by atoms with Gasteiger partial charge in [-0.25, -0.2) is 9.50 Å². The molecule has 0 radical (unpaired) electrons. The third kappa shape index (κ3) is 4.11. The molecule has 2 fully saturated rings. The topological polar surface area (TPSA) is 107 Å². The molecule has 176 valence electrons. The Morgan fingerprint density at radius 3 is 2.76 bits per heavy atom. The van der Waals surface area contributed by atoms with Crippen molar-refractivity contribution in [1.82, 2.24) is 24.4 Å². The average Bonchev–Trinajstić information content (AvgIpc) is 3.45. The van der Waals surface area contributed by atoms with Gasteiger partial charge in [0.15, 0.2) is 5.65 Å². The molecule has 0 atom stereocenters. The number of carbonyl (C=O) groups is 1. The SMILES string of the molecule is O=C(Nc1cc2cn(C3CCC(CO)CC3)nc2cc1OCC1CC1)c1cnn2cccnc12. The Kier molecular flexibility index (Phi) is 5.41. The van der Waals surface area contributed by atoms with Crippen LogP contribution in [0.4, 0.5) is 5.69 Å². The third-order valence-electron chi connectivity index (χ3n) is 7.02. The van der Waals surface area contributed by atoms with Crippen LogP contribution in [0.15, 0.2) is 43.0 Å². The number of aliphatic hydroxyl groups excluding tert-OH is 1. The maximum absolute atomic E-state index is 13.1. The molecule has 9 nitrogen and oxygen atoms in total. The summed E-state index contributed by atoms with van der Waals surface area (Å²) in [6, 6.07) is 5.97. The van der Waals surface area contributed by atoms with Crippen LogP contribution in [0.2, 0.25) is 0 Å². The van der Waals surface area contributed by atoms with E-state index in [1.54, 1.807) is 23.0 Å². The van der Waals surface area contributed by atoms with Gasteiger partial charge in [0.25, 0.3) is 5.91 Å². The maximum Gasteiger partial charge on any atom is 0.261 e. The predicted octanol–water partition coefficient (Wildman–Crippen LogP) is 3.84. The number of nitrogens with zero attached hydrogens (tertiary/aromatic N) is 5. The molecule has 3 heterocycles. The number of carbonyl (C=O) groups excluding carboxylic acids is 1. The van der Waals surface area contributed by atoms with E-state index in [0.29, 0.717) is 47.1 Å². The first-order valence-corrected chi connectivity index (χ1v) is 12.0. The predicted molar refractivity (Wildman–Crippen MR) is 127 cm³/mol. The van der Waals surface area contributed by atoms with Crippen LogP contribution in [-0.2, 0) is 0 Å². The van der Waals surface area contributed by atoms with Crippen molar-refractivity contribution in [2.45, 2.75) is 44.6 Å². The molecule has 6 rings (SSSR count). The Labute approximate surface area is 196 Å². The molecule has 1 amide bonds. The Balaban J connectivity index is 1.30. The van der Waals surface area contributed by atoms with Gasteiger partial charge in [-0.2, -0.15) is 10.2 Å². The lowest BCUT2D eigenvalue weighted by Crippen LogP contribution is -2.20. The molecule has 3 aromatic heterocycles. The second-order valence-electron chi connectivity index (χ2n) is 9.53. The smallest absolute Gasteiger partial charge is 0.261 e. The summed E-state index contributed by atoms with van der Waals surface area (Å²) >= 11 is 0. The molecule has 0 saturated heterocycles. The van der Waals surface area contributed by atoms with Crippen LogP contribution in [0.3, 0.4) is 0 Å². The minimum atomic E-state index is -0.279. The first-order valence-electron chi connectivity index (χ1n) is 12.0. The fraction of sp³-hybridized carbons (Fsp3) is 0.440. The lowest BCUT2D eigenvalue weighted by molar-refractivity contribution is 0.102. The van der Waals surface area contributed by atoms with Gasteiger partial charge in [0.05, 0.1) is 30.0 Å². The molecular weight excluding hydrogens is 432 g/mol. The standard InChI is InChI=1S/C25H28N6O3/c32-14-16-4-6-19(7-5-16)31-13-18-10-22(23(11-21(18)29-31)34-15-17-2-3-17)28-25(33)20-12-27-30-9-1-8-26-24(20)30/h1,8-13,16-17,19,32H,2-7,14-15H2,(H,28,33). The number of amides is 1. The van der Waals surface area contributed by atoms with Crippen LogP contribution >= 0.6 is 0 Å². The molecule has 34 heavy (non-hydrogen) atoms. The number of aromatic nitrogens is 5. The van der Waals surface area contributed by atoms with Gasteiger partial charge in [-0.1, -0.05) is 0 Å². The molecule has 0 spiro atoms. The molecule has 0 aliphatic heterocycles. The van der Waals surface area contributed by atoms with Crippen molar-refractivity contribution in [3.8, 4) is 5.75 Å². The molecule has 2 N–H and O–H groups in total. The van der Waals surface area contributed by atoms with E-state index in [1.165, 1.54) is 19.0 Å². The largest absolute Gasteiger partial charge is 0.491 e. The van der Waals surface area contributed by atoms with E-state index >= 15 is 0 Å². The number of fused-ring (bicyclic) bond motifs is 2. The zero-order chi connectivity index (χ0) is 23.1. The Morgan fingerprint density at radius 2 is 1.97 bits per heavy atom. The van der Waals surface area contributed by atoms with Crippen LogP contribution in [0.25, 0.3) is 16.6 Å². The van der Waals surface area contributed by atoms with E-state index in [9.17, 15) is 9.90 Å². The number of benzene rings is 1. The highest BCUT2D eigenvalue weighted by Crippen LogP contribution is 2.36. The number of nitrogens with one attached hydrogen (secondary N) is 1. The van der Waals surface area contributed by atoms with E-state index in [1.807, 2.05) is 16.8 Å². The summed E-state index contributed by atoms with van der Waals surface area (Å²) in [4.78, 5) is 17.4. The van der Waals surface area contributed by atoms with E-state index in [0.717, 1.165) is 36.6 Å². The molecule has 2 aliphatic rings. The van der Waals surface area contributed by atoms with Crippen LogP contribution < -0.4 is 10.1 Å². The van der Waals surface area contributed by atoms with Crippen molar-refractivity contribution in [3.63, 3.8) is 0 Å². The molecule has 4 aromatic rings. The summed E-state index contributed by atoms with van der Waals surface area (Å²) in [6.45, 7) is 0.902. The van der Waals surface area contributed by atoms with E-state index in [4.69, 9.17) is 9.84 Å². The average molecular weight is 461 g/mol. The number of rotatable bonds is 7. The Morgan fingerprint density at radius 1 is 1.15 bits per heavy atom. The quantitative estimate of drug-likeness (QED) is 0.434. The van der Waals surface area contributed by atoms with Gasteiger partial charge in [0.1, 0.15) is 11.3 Å². The first-order chi connectivity index (χ1) is 16.7. The van der Waals surface area contributed by atoms with Crippen molar-refractivity contribution >= 4 is 28.1 Å². The molecule has 0 unspecified atom stereocenters. The molecule has 1 aromatic carbocycles. The van der Waals surface area contributed by atoms with Crippen LogP contribution in [0.1, 0.15) is 54.9 Å². The van der Waals surface area contributed by atoms with Gasteiger partial charge in [-0.3, -0.25) is 9.48 Å². The second-order valence-corrected chi connectivity index (χ2v) is 9.53. The fourth-order valence-corrected chi connectivity index (χ4v) is 4.74. The van der Waals surface area contributed by atoms with Gasteiger partial charge < -0.3 is 15.2 Å².